The Morgan fingerprint density at radius 3 is 2.73 bits per heavy atom. The zero-order chi connectivity index (χ0) is 10.7. The molecule has 2 rings (SSSR count). The molecule has 76 valence electrons. The Hall–Kier alpha value is -1.82. The van der Waals surface area contributed by atoms with E-state index in [2.05, 4.69) is 16.9 Å². The summed E-state index contributed by atoms with van der Waals surface area (Å²) in [5.74, 6) is 0. The molecule has 0 aliphatic carbocycles. The number of oxime groups is 1. The smallest absolute Gasteiger partial charge is 0.187 e. The van der Waals surface area contributed by atoms with E-state index >= 15 is 0 Å². The highest BCUT2D eigenvalue weighted by atomic mass is 16.6. The highest BCUT2D eigenvalue weighted by molar-refractivity contribution is 6.01. The Morgan fingerprint density at radius 2 is 2.20 bits per heavy atom. The van der Waals surface area contributed by atoms with Gasteiger partial charge in [0.2, 0.25) is 0 Å². The van der Waals surface area contributed by atoms with Crippen LogP contribution in [0.4, 0.5) is 5.69 Å². The van der Waals surface area contributed by atoms with Gasteiger partial charge in [0, 0.05) is 6.42 Å². The van der Waals surface area contributed by atoms with Crippen molar-refractivity contribution in [1.29, 1.82) is 0 Å². The summed E-state index contributed by atoms with van der Waals surface area (Å²) in [6, 6.07) is 7.47. The van der Waals surface area contributed by atoms with Crippen LogP contribution in [0.3, 0.4) is 0 Å². The van der Waals surface area contributed by atoms with Crippen LogP contribution in [0.1, 0.15) is 25.3 Å². The monoisotopic (exact) mass is 200 g/mol. The fraction of sp³-hybridized carbons (Fsp3) is 0.333. The Balaban J connectivity index is 2.15. The number of hydrogen-bond acceptors (Lipinski definition) is 2. The number of hydrogen-bond donors (Lipinski definition) is 0. The van der Waals surface area contributed by atoms with E-state index in [1.165, 1.54) is 0 Å². The van der Waals surface area contributed by atoms with Crippen LogP contribution in [-0.4, -0.2) is 11.8 Å². The lowest BCUT2D eigenvalue weighted by Crippen LogP contribution is -2.06. The highest BCUT2D eigenvalue weighted by Gasteiger charge is 2.19. The van der Waals surface area contributed by atoms with Gasteiger partial charge in [-0.25, -0.2) is 4.85 Å². The van der Waals surface area contributed by atoms with Crippen LogP contribution in [0.25, 0.3) is 4.85 Å². The fourth-order valence-corrected chi connectivity index (χ4v) is 1.55. The predicted molar refractivity (Wildman–Crippen MR) is 59.0 cm³/mol. The molecular formula is C12H12N2O. The summed E-state index contributed by atoms with van der Waals surface area (Å²) in [7, 11) is 0. The third-order valence-corrected chi connectivity index (χ3v) is 2.52. The summed E-state index contributed by atoms with van der Waals surface area (Å²) in [6.45, 7) is 8.94. The Morgan fingerprint density at radius 1 is 1.47 bits per heavy atom. The Kier molecular flexibility index (Phi) is 2.68. The maximum atomic E-state index is 6.86. The molecule has 1 aromatic carbocycles. The molecule has 3 nitrogen and oxygen atoms in total. The molecule has 0 unspecified atom stereocenters. The second-order valence-corrected chi connectivity index (χ2v) is 3.54. The SMILES string of the molecule is [C-]#[N+]c1ccc(C2=NO[C@H](CC)C2)cc1. The molecule has 1 aromatic rings. The van der Waals surface area contributed by atoms with Gasteiger partial charge in [-0.15, -0.1) is 0 Å². The van der Waals surface area contributed by atoms with E-state index in [0.29, 0.717) is 5.69 Å². The van der Waals surface area contributed by atoms with Crippen molar-refractivity contribution in [2.24, 2.45) is 5.16 Å². The van der Waals surface area contributed by atoms with Crippen LogP contribution in [0, 0.1) is 6.57 Å². The van der Waals surface area contributed by atoms with Gasteiger partial charge in [0.25, 0.3) is 0 Å². The van der Waals surface area contributed by atoms with Crippen molar-refractivity contribution >= 4 is 11.4 Å². The lowest BCUT2D eigenvalue weighted by atomic mass is 10.0. The van der Waals surface area contributed by atoms with E-state index < -0.39 is 0 Å². The molecular weight excluding hydrogens is 188 g/mol. The van der Waals surface area contributed by atoms with Gasteiger partial charge in [-0.2, -0.15) is 0 Å². The molecule has 1 heterocycles. The van der Waals surface area contributed by atoms with Crippen molar-refractivity contribution in [3.05, 3.63) is 41.2 Å². The van der Waals surface area contributed by atoms with Gasteiger partial charge in [-0.05, 0) is 12.0 Å². The average Bonchev–Trinajstić information content (AvgIpc) is 2.78. The standard InChI is InChI=1S/C12H12N2O/c1-3-11-8-12(14-15-11)9-4-6-10(13-2)7-5-9/h4-7,11H,3,8H2,1H3/t11-/m1/s1. The van der Waals surface area contributed by atoms with Crippen molar-refractivity contribution in [2.75, 3.05) is 0 Å². The molecule has 1 atom stereocenters. The molecule has 15 heavy (non-hydrogen) atoms. The van der Waals surface area contributed by atoms with E-state index in [1.54, 1.807) is 0 Å². The minimum atomic E-state index is 0.223. The largest absolute Gasteiger partial charge is 0.392 e. The fourth-order valence-electron chi connectivity index (χ4n) is 1.55. The molecule has 1 aliphatic rings. The van der Waals surface area contributed by atoms with Gasteiger partial charge in [-0.3, -0.25) is 0 Å². The van der Waals surface area contributed by atoms with Crippen molar-refractivity contribution < 1.29 is 4.84 Å². The first-order valence-electron chi connectivity index (χ1n) is 5.04. The normalized spacial score (nSPS) is 19.2. The van der Waals surface area contributed by atoms with Gasteiger partial charge in [0.15, 0.2) is 5.69 Å². The van der Waals surface area contributed by atoms with Crippen molar-refractivity contribution in [3.63, 3.8) is 0 Å². The highest BCUT2D eigenvalue weighted by Crippen LogP contribution is 2.20. The average molecular weight is 200 g/mol. The molecule has 0 bridgehead atoms. The summed E-state index contributed by atoms with van der Waals surface area (Å²) < 4.78 is 0. The summed E-state index contributed by atoms with van der Waals surface area (Å²) >= 11 is 0. The molecule has 0 N–H and O–H groups in total. The van der Waals surface area contributed by atoms with Gasteiger partial charge in [0.05, 0.1) is 12.3 Å². The number of benzene rings is 1. The minimum absolute atomic E-state index is 0.223. The Bertz CT molecular complexity index is 414. The first kappa shape index (κ1) is 9.72. The molecule has 0 amide bonds. The molecule has 1 aliphatic heterocycles. The minimum Gasteiger partial charge on any atom is -0.392 e. The van der Waals surface area contributed by atoms with E-state index in [1.807, 2.05) is 24.3 Å². The third kappa shape index (κ3) is 1.99. The number of rotatable bonds is 2. The third-order valence-electron chi connectivity index (χ3n) is 2.52. The molecule has 3 heteroatoms. The first-order valence-corrected chi connectivity index (χ1v) is 5.04. The molecule has 0 radical (unpaired) electrons. The molecule has 0 aromatic heterocycles. The molecule has 0 saturated heterocycles. The summed E-state index contributed by atoms with van der Waals surface area (Å²) in [6.07, 6.45) is 2.07. The molecule has 0 fully saturated rings. The van der Waals surface area contributed by atoms with Crippen LogP contribution in [0.5, 0.6) is 0 Å². The Labute approximate surface area is 89.2 Å². The maximum absolute atomic E-state index is 6.86. The van der Waals surface area contributed by atoms with Crippen LogP contribution in [-0.2, 0) is 4.84 Å². The van der Waals surface area contributed by atoms with E-state index in [9.17, 15) is 0 Å². The van der Waals surface area contributed by atoms with Gasteiger partial charge < -0.3 is 4.84 Å². The summed E-state index contributed by atoms with van der Waals surface area (Å²) in [5.41, 5.74) is 2.70. The van der Waals surface area contributed by atoms with Crippen molar-refractivity contribution in [2.45, 2.75) is 25.9 Å². The van der Waals surface area contributed by atoms with Crippen LogP contribution in [0.15, 0.2) is 29.4 Å². The van der Waals surface area contributed by atoms with Gasteiger partial charge >= 0.3 is 0 Å². The van der Waals surface area contributed by atoms with E-state index in [4.69, 9.17) is 11.4 Å². The second-order valence-electron chi connectivity index (χ2n) is 3.54. The first-order chi connectivity index (χ1) is 7.33. The quantitative estimate of drug-likeness (QED) is 0.673. The second kappa shape index (κ2) is 4.14. The summed E-state index contributed by atoms with van der Waals surface area (Å²) in [5, 5.41) is 4.05. The maximum Gasteiger partial charge on any atom is 0.187 e. The van der Waals surface area contributed by atoms with Crippen LogP contribution < -0.4 is 0 Å². The van der Waals surface area contributed by atoms with Crippen LogP contribution in [0.2, 0.25) is 0 Å². The van der Waals surface area contributed by atoms with Crippen molar-refractivity contribution in [1.82, 2.24) is 0 Å². The lowest BCUT2D eigenvalue weighted by Gasteiger charge is -2.02. The topological polar surface area (TPSA) is 25.9 Å². The van der Waals surface area contributed by atoms with E-state index in [-0.39, 0.29) is 6.10 Å². The zero-order valence-electron chi connectivity index (χ0n) is 8.60. The van der Waals surface area contributed by atoms with Gasteiger partial charge in [0.1, 0.15) is 6.10 Å². The zero-order valence-corrected chi connectivity index (χ0v) is 8.60. The lowest BCUT2D eigenvalue weighted by molar-refractivity contribution is 0.0829. The molecule has 0 spiro atoms. The van der Waals surface area contributed by atoms with Crippen LogP contribution >= 0.6 is 0 Å². The van der Waals surface area contributed by atoms with E-state index in [0.717, 1.165) is 24.1 Å². The van der Waals surface area contributed by atoms with Gasteiger partial charge in [-0.1, -0.05) is 36.3 Å². The summed E-state index contributed by atoms with van der Waals surface area (Å²) in [4.78, 5) is 8.60. The predicted octanol–water partition coefficient (Wildman–Crippen LogP) is 3.14. The van der Waals surface area contributed by atoms with Crippen molar-refractivity contribution in [3.8, 4) is 0 Å². The molecule has 0 saturated carbocycles. The number of nitrogens with zero attached hydrogens (tertiary/aromatic N) is 2.